The second-order valence-electron chi connectivity index (χ2n) is 4.84. The van der Waals surface area contributed by atoms with Gasteiger partial charge in [0.05, 0.1) is 11.8 Å². The summed E-state index contributed by atoms with van der Waals surface area (Å²) in [5.74, 6) is 0.240. The average Bonchev–Trinajstić information content (AvgIpc) is 3.00. The van der Waals surface area contributed by atoms with Gasteiger partial charge in [0.15, 0.2) is 0 Å². The van der Waals surface area contributed by atoms with Crippen LogP contribution in [0.4, 0.5) is 0 Å². The Labute approximate surface area is 94.7 Å². The van der Waals surface area contributed by atoms with Gasteiger partial charge in [0.1, 0.15) is 5.75 Å². The van der Waals surface area contributed by atoms with E-state index in [4.69, 9.17) is 0 Å². The van der Waals surface area contributed by atoms with Crippen molar-refractivity contribution < 1.29 is 9.90 Å². The van der Waals surface area contributed by atoms with Crippen LogP contribution in [0.2, 0.25) is 0 Å². The van der Waals surface area contributed by atoms with Gasteiger partial charge in [-0.3, -0.25) is 9.78 Å². The van der Waals surface area contributed by atoms with Crippen LogP contribution in [0.15, 0.2) is 18.5 Å². The summed E-state index contributed by atoms with van der Waals surface area (Å²) in [6, 6.07) is 1.52. The number of aromatic nitrogens is 1. The van der Waals surface area contributed by atoms with E-state index in [1.54, 1.807) is 0 Å². The van der Waals surface area contributed by atoms with Crippen molar-refractivity contribution in [2.45, 2.75) is 32.2 Å². The van der Waals surface area contributed by atoms with Crippen LogP contribution in [0.3, 0.4) is 0 Å². The number of aromatic hydroxyl groups is 1. The highest BCUT2D eigenvalue weighted by atomic mass is 16.3. The van der Waals surface area contributed by atoms with Gasteiger partial charge in [-0.05, 0) is 38.7 Å². The monoisotopic (exact) mass is 220 g/mol. The summed E-state index contributed by atoms with van der Waals surface area (Å²) in [7, 11) is 0. The average molecular weight is 220 g/mol. The van der Waals surface area contributed by atoms with Crippen molar-refractivity contribution in [3.63, 3.8) is 0 Å². The summed E-state index contributed by atoms with van der Waals surface area (Å²) in [4.78, 5) is 15.7. The lowest BCUT2D eigenvalue weighted by atomic mass is 9.98. The van der Waals surface area contributed by atoms with E-state index in [0.29, 0.717) is 5.92 Å². The fraction of sp³-hybridized carbons (Fsp3) is 0.500. The zero-order chi connectivity index (χ0) is 11.8. The number of hydrogen-bond donors (Lipinski definition) is 2. The fourth-order valence-electron chi connectivity index (χ4n) is 1.85. The summed E-state index contributed by atoms with van der Waals surface area (Å²) in [5, 5.41) is 12.5. The molecule has 1 aromatic rings. The molecule has 16 heavy (non-hydrogen) atoms. The zero-order valence-electron chi connectivity index (χ0n) is 9.53. The first kappa shape index (κ1) is 10.9. The minimum absolute atomic E-state index is 0.0772. The molecule has 4 heteroatoms. The maximum absolute atomic E-state index is 11.9. The van der Waals surface area contributed by atoms with Gasteiger partial charge < -0.3 is 10.4 Å². The van der Waals surface area contributed by atoms with Crippen LogP contribution in [-0.4, -0.2) is 21.5 Å². The normalized spacial score (nSPS) is 15.9. The first-order valence-electron chi connectivity index (χ1n) is 5.46. The van der Waals surface area contributed by atoms with E-state index in [0.717, 1.165) is 12.8 Å². The van der Waals surface area contributed by atoms with Crippen LogP contribution < -0.4 is 5.32 Å². The highest BCUT2D eigenvalue weighted by molar-refractivity contribution is 5.97. The molecule has 1 amide bonds. The molecule has 4 nitrogen and oxygen atoms in total. The van der Waals surface area contributed by atoms with Crippen LogP contribution in [-0.2, 0) is 0 Å². The summed E-state index contributed by atoms with van der Waals surface area (Å²) in [5.41, 5.74) is 0.0796. The quantitative estimate of drug-likeness (QED) is 0.815. The molecule has 1 aromatic heterocycles. The lowest BCUT2D eigenvalue weighted by Crippen LogP contribution is -2.45. The first-order valence-corrected chi connectivity index (χ1v) is 5.46. The van der Waals surface area contributed by atoms with Crippen LogP contribution in [0.25, 0.3) is 0 Å². The van der Waals surface area contributed by atoms with Crippen LogP contribution >= 0.6 is 0 Å². The molecule has 1 aliphatic carbocycles. The molecule has 86 valence electrons. The van der Waals surface area contributed by atoms with Crippen LogP contribution in [0.5, 0.6) is 5.75 Å². The van der Waals surface area contributed by atoms with Gasteiger partial charge in [-0.25, -0.2) is 0 Å². The molecule has 0 atom stereocenters. The molecule has 0 radical (unpaired) electrons. The summed E-state index contributed by atoms with van der Waals surface area (Å²) in [6.45, 7) is 4.03. The molecule has 1 aliphatic rings. The molecule has 2 N–H and O–H groups in total. The Morgan fingerprint density at radius 1 is 1.56 bits per heavy atom. The second kappa shape index (κ2) is 3.77. The van der Waals surface area contributed by atoms with E-state index in [1.807, 2.05) is 13.8 Å². The molecule has 0 aliphatic heterocycles. The lowest BCUT2D eigenvalue weighted by Gasteiger charge is -2.26. The second-order valence-corrected chi connectivity index (χ2v) is 4.84. The Kier molecular flexibility index (Phi) is 2.58. The highest BCUT2D eigenvalue weighted by Gasteiger charge is 2.39. The smallest absolute Gasteiger partial charge is 0.255 e. The van der Waals surface area contributed by atoms with Gasteiger partial charge >= 0.3 is 0 Å². The van der Waals surface area contributed by atoms with E-state index in [9.17, 15) is 9.90 Å². The number of nitrogens with one attached hydrogen (secondary N) is 1. The van der Waals surface area contributed by atoms with Crippen molar-refractivity contribution in [3.8, 4) is 5.75 Å². The Hall–Kier alpha value is -1.58. The third-order valence-electron chi connectivity index (χ3n) is 3.08. The SMILES string of the molecule is CC(C)(NC(=O)c1ccncc1O)C1CC1. The van der Waals surface area contributed by atoms with Crippen molar-refractivity contribution in [1.82, 2.24) is 10.3 Å². The fourth-order valence-corrected chi connectivity index (χ4v) is 1.85. The summed E-state index contributed by atoms with van der Waals surface area (Å²) in [6.07, 6.45) is 5.10. The maximum Gasteiger partial charge on any atom is 0.255 e. The Balaban J connectivity index is 2.11. The van der Waals surface area contributed by atoms with E-state index in [1.165, 1.54) is 18.5 Å². The number of amides is 1. The first-order chi connectivity index (χ1) is 7.50. The van der Waals surface area contributed by atoms with Crippen molar-refractivity contribution in [3.05, 3.63) is 24.0 Å². The van der Waals surface area contributed by atoms with Gasteiger partial charge in [0.25, 0.3) is 5.91 Å². The Morgan fingerprint density at radius 3 is 2.81 bits per heavy atom. The largest absolute Gasteiger partial charge is 0.505 e. The van der Waals surface area contributed by atoms with Gasteiger partial charge in [-0.1, -0.05) is 0 Å². The predicted octanol–water partition coefficient (Wildman–Crippen LogP) is 1.71. The molecular formula is C12H16N2O2. The third-order valence-corrected chi connectivity index (χ3v) is 3.08. The van der Waals surface area contributed by atoms with E-state index < -0.39 is 0 Å². The third kappa shape index (κ3) is 2.15. The Bertz CT molecular complexity index is 411. The maximum atomic E-state index is 11.9. The molecule has 0 saturated heterocycles. The zero-order valence-corrected chi connectivity index (χ0v) is 9.53. The summed E-state index contributed by atoms with van der Waals surface area (Å²) < 4.78 is 0. The van der Waals surface area contributed by atoms with Crippen molar-refractivity contribution >= 4 is 5.91 Å². The number of nitrogens with zero attached hydrogens (tertiary/aromatic N) is 1. The molecule has 0 bridgehead atoms. The van der Waals surface area contributed by atoms with Crippen LogP contribution in [0.1, 0.15) is 37.0 Å². The molecule has 1 heterocycles. The van der Waals surface area contributed by atoms with Crippen molar-refractivity contribution in [1.29, 1.82) is 0 Å². The molecule has 0 aromatic carbocycles. The van der Waals surface area contributed by atoms with Gasteiger partial charge in [0.2, 0.25) is 0 Å². The topological polar surface area (TPSA) is 62.2 Å². The van der Waals surface area contributed by atoms with Crippen LogP contribution in [0, 0.1) is 5.92 Å². The minimum atomic E-state index is -0.239. The Morgan fingerprint density at radius 2 is 2.25 bits per heavy atom. The number of carbonyl (C=O) groups is 1. The van der Waals surface area contributed by atoms with Crippen molar-refractivity contribution in [2.24, 2.45) is 5.92 Å². The van der Waals surface area contributed by atoms with E-state index >= 15 is 0 Å². The highest BCUT2D eigenvalue weighted by Crippen LogP contribution is 2.39. The number of rotatable bonds is 3. The molecular weight excluding hydrogens is 204 g/mol. The summed E-state index contributed by atoms with van der Waals surface area (Å²) >= 11 is 0. The molecule has 0 spiro atoms. The number of hydrogen-bond acceptors (Lipinski definition) is 3. The number of carbonyl (C=O) groups excluding carboxylic acids is 1. The minimum Gasteiger partial charge on any atom is -0.505 e. The van der Waals surface area contributed by atoms with Crippen molar-refractivity contribution in [2.75, 3.05) is 0 Å². The number of pyridine rings is 1. The molecule has 0 unspecified atom stereocenters. The predicted molar refractivity (Wildman–Crippen MR) is 60.2 cm³/mol. The standard InChI is InChI=1S/C12H16N2O2/c1-12(2,8-3-4-8)14-11(16)9-5-6-13-7-10(9)15/h5-8,15H,3-4H2,1-2H3,(H,14,16). The van der Waals surface area contributed by atoms with Gasteiger partial charge in [-0.15, -0.1) is 0 Å². The van der Waals surface area contributed by atoms with Gasteiger partial charge in [-0.2, -0.15) is 0 Å². The molecule has 1 saturated carbocycles. The molecule has 2 rings (SSSR count). The lowest BCUT2D eigenvalue weighted by molar-refractivity contribution is 0.0900. The van der Waals surface area contributed by atoms with E-state index in [-0.39, 0.29) is 22.8 Å². The van der Waals surface area contributed by atoms with Gasteiger partial charge in [0, 0.05) is 11.7 Å². The molecule has 1 fully saturated rings. The van der Waals surface area contributed by atoms with E-state index in [2.05, 4.69) is 10.3 Å².